The summed E-state index contributed by atoms with van der Waals surface area (Å²) in [4.78, 5) is 12.4. The first-order valence-corrected chi connectivity index (χ1v) is 28.3. The zero-order valence-corrected chi connectivity index (χ0v) is 43.9. The van der Waals surface area contributed by atoms with Gasteiger partial charge in [-0.25, -0.2) is 0 Å². The van der Waals surface area contributed by atoms with Gasteiger partial charge in [-0.3, -0.25) is 4.79 Å². The molecule has 0 aliphatic carbocycles. The zero-order chi connectivity index (χ0) is 52.7. The molecule has 3 saturated heterocycles. The molecule has 3 fully saturated rings. The van der Waals surface area contributed by atoms with Gasteiger partial charge in [0.25, 0.3) is 0 Å². The van der Waals surface area contributed by atoms with Gasteiger partial charge >= 0.3 is 0 Å². The van der Waals surface area contributed by atoms with Crippen LogP contribution >= 0.6 is 0 Å². The van der Waals surface area contributed by atoms with E-state index in [1.54, 1.807) is 6.92 Å². The van der Waals surface area contributed by atoms with Crippen LogP contribution in [0.4, 0.5) is 0 Å². The average molecular weight is 1040 g/mol. The minimum Gasteiger partial charge on any atom is -0.394 e. The number of hydrogen-bond donors (Lipinski definition) is 12. The Bertz CT molecular complexity index is 1340. The van der Waals surface area contributed by atoms with Gasteiger partial charge < -0.3 is 89.9 Å². The first kappa shape index (κ1) is 65.1. The fraction of sp³-hybridized carbons (Fsp3) is 0.981. The number of hydrogen-bond acceptors (Lipinski definition) is 18. The van der Waals surface area contributed by atoms with Crippen LogP contribution in [0, 0.1) is 0 Å². The van der Waals surface area contributed by atoms with Crippen molar-refractivity contribution in [3.8, 4) is 0 Å². The van der Waals surface area contributed by atoms with Gasteiger partial charge in [0.2, 0.25) is 5.91 Å². The molecule has 17 unspecified atom stereocenters. The number of nitrogens with one attached hydrogen (secondary N) is 1. The van der Waals surface area contributed by atoms with Crippen molar-refractivity contribution in [3.05, 3.63) is 0 Å². The maximum absolute atomic E-state index is 12.4. The van der Waals surface area contributed by atoms with Crippen molar-refractivity contribution < 1.29 is 89.4 Å². The van der Waals surface area contributed by atoms with Crippen LogP contribution < -0.4 is 5.32 Å². The highest BCUT2D eigenvalue weighted by Gasteiger charge is 2.53. The Morgan fingerprint density at radius 3 is 1.15 bits per heavy atom. The van der Waals surface area contributed by atoms with Gasteiger partial charge in [0, 0.05) is 6.42 Å². The van der Waals surface area contributed by atoms with Crippen molar-refractivity contribution >= 4 is 5.91 Å². The molecule has 3 rings (SSSR count). The smallest absolute Gasteiger partial charge is 0.220 e. The fourth-order valence-electron chi connectivity index (χ4n) is 9.98. The minimum atomic E-state index is -1.97. The summed E-state index contributed by atoms with van der Waals surface area (Å²) in [6, 6.07) is -0.878. The van der Waals surface area contributed by atoms with Crippen LogP contribution in [-0.2, 0) is 33.2 Å². The maximum atomic E-state index is 12.4. The third-order valence-corrected chi connectivity index (χ3v) is 14.7. The molecule has 0 bridgehead atoms. The molecule has 72 heavy (non-hydrogen) atoms. The van der Waals surface area contributed by atoms with Crippen LogP contribution in [0.3, 0.4) is 0 Å². The number of rotatable bonds is 41. The average Bonchev–Trinajstić information content (AvgIpc) is 3.38. The van der Waals surface area contributed by atoms with Crippen LogP contribution in [0.2, 0.25) is 0 Å². The van der Waals surface area contributed by atoms with Crippen molar-refractivity contribution in [1.82, 2.24) is 5.32 Å². The number of aliphatic hydroxyl groups excluding tert-OH is 11. The Morgan fingerprint density at radius 1 is 0.444 bits per heavy atom. The zero-order valence-electron chi connectivity index (χ0n) is 43.9. The van der Waals surface area contributed by atoms with E-state index in [9.17, 15) is 61.0 Å². The summed E-state index contributed by atoms with van der Waals surface area (Å²) in [6.07, 6.45) is 9.37. The van der Waals surface area contributed by atoms with Crippen molar-refractivity contribution in [2.24, 2.45) is 0 Å². The van der Waals surface area contributed by atoms with E-state index >= 15 is 0 Å². The van der Waals surface area contributed by atoms with E-state index in [4.69, 9.17) is 28.4 Å². The monoisotopic (exact) mass is 1040 g/mol. The van der Waals surface area contributed by atoms with E-state index in [0.29, 0.717) is 6.42 Å². The minimum absolute atomic E-state index is 0.150. The van der Waals surface area contributed by atoms with Gasteiger partial charge in [0.15, 0.2) is 18.9 Å². The molecule has 19 nitrogen and oxygen atoms in total. The Labute approximate surface area is 430 Å². The lowest BCUT2D eigenvalue weighted by molar-refractivity contribution is -0.379. The normalized spacial score (nSPS) is 31.9. The molecule has 3 aliphatic rings. The SMILES string of the molecule is CCCCCCCCCCCCCCCCCCCCCCCCCCCCCC(O)C(COC1OC(CO)C(OC2OC(CO)C(OC3OC(CO)C(O)C(O)C3O)C(O)C2O)C(O)C1O)NC(=O)CC. The van der Waals surface area contributed by atoms with E-state index in [2.05, 4.69) is 12.2 Å². The molecule has 1 amide bonds. The summed E-state index contributed by atoms with van der Waals surface area (Å²) in [5.41, 5.74) is 0. The number of amides is 1. The van der Waals surface area contributed by atoms with Gasteiger partial charge in [-0.15, -0.1) is 0 Å². The first-order valence-electron chi connectivity index (χ1n) is 28.3. The van der Waals surface area contributed by atoms with Crippen LogP contribution in [0.25, 0.3) is 0 Å². The molecule has 0 aromatic carbocycles. The van der Waals surface area contributed by atoms with Crippen LogP contribution in [-0.4, -0.2) is 193 Å². The lowest BCUT2D eigenvalue weighted by Gasteiger charge is -2.48. The third-order valence-electron chi connectivity index (χ3n) is 14.7. The molecule has 0 aromatic rings. The topological polar surface area (TPSA) is 307 Å². The number of carbonyl (C=O) groups excluding carboxylic acids is 1. The highest BCUT2D eigenvalue weighted by atomic mass is 16.8. The van der Waals surface area contributed by atoms with Crippen LogP contribution in [0.15, 0.2) is 0 Å². The molecular weight excluding hydrogens is 939 g/mol. The second kappa shape index (κ2) is 38.4. The Morgan fingerprint density at radius 2 is 0.778 bits per heavy atom. The highest BCUT2D eigenvalue weighted by molar-refractivity contribution is 5.75. The summed E-state index contributed by atoms with van der Waals surface area (Å²) in [5.74, 6) is -0.329. The van der Waals surface area contributed by atoms with Crippen molar-refractivity contribution in [2.75, 3.05) is 26.4 Å². The van der Waals surface area contributed by atoms with E-state index in [0.717, 1.165) is 25.7 Å². The van der Waals surface area contributed by atoms with Crippen molar-refractivity contribution in [2.45, 2.75) is 304 Å². The second-order valence-electron chi connectivity index (χ2n) is 20.7. The molecule has 3 heterocycles. The quantitative estimate of drug-likeness (QED) is 0.0389. The molecule has 12 N–H and O–H groups in total. The van der Waals surface area contributed by atoms with Gasteiger partial charge in [0.1, 0.15) is 73.2 Å². The van der Waals surface area contributed by atoms with Crippen molar-refractivity contribution in [1.29, 1.82) is 0 Å². The Hall–Kier alpha value is -1.21. The Kier molecular flexibility index (Phi) is 34.7. The van der Waals surface area contributed by atoms with Crippen LogP contribution in [0.5, 0.6) is 0 Å². The standard InChI is InChI=1S/C53H101NO18/c1-3-5-6-7-8-9-10-11-12-13-14-15-16-17-18-19-20-21-22-23-24-25-26-27-28-29-30-31-37(58)36(54-41(59)4-2)35-67-51-47(65)44(62)49(39(33-56)69-51)72-53-48(66)45(63)50(40(34-57)70-53)71-52-46(64)43(61)42(60)38(32-55)68-52/h36-40,42-53,55-58,60-66H,3-35H2,1-2H3,(H,54,59). The van der Waals surface area contributed by atoms with E-state index in [1.165, 1.54) is 148 Å². The van der Waals surface area contributed by atoms with Crippen molar-refractivity contribution in [3.63, 3.8) is 0 Å². The molecular formula is C53H101NO18. The number of carbonyl (C=O) groups is 1. The van der Waals surface area contributed by atoms with Gasteiger partial charge in [-0.1, -0.05) is 187 Å². The molecule has 426 valence electrons. The van der Waals surface area contributed by atoms with Gasteiger partial charge in [-0.2, -0.15) is 0 Å². The lowest BCUT2D eigenvalue weighted by Crippen LogP contribution is -2.66. The van der Waals surface area contributed by atoms with E-state index in [1.807, 2.05) is 0 Å². The maximum Gasteiger partial charge on any atom is 0.220 e. The highest BCUT2D eigenvalue weighted by Crippen LogP contribution is 2.33. The molecule has 17 atom stereocenters. The summed E-state index contributed by atoms with van der Waals surface area (Å²) < 4.78 is 33.8. The third kappa shape index (κ3) is 23.2. The van der Waals surface area contributed by atoms with Gasteiger partial charge in [0.05, 0.1) is 38.6 Å². The van der Waals surface area contributed by atoms with E-state index < -0.39 is 124 Å². The summed E-state index contributed by atoms with van der Waals surface area (Å²) in [7, 11) is 0. The Balaban J connectivity index is 1.28. The van der Waals surface area contributed by atoms with Crippen LogP contribution in [0.1, 0.15) is 200 Å². The number of ether oxygens (including phenoxy) is 6. The van der Waals surface area contributed by atoms with E-state index in [-0.39, 0.29) is 18.9 Å². The second-order valence-corrected chi connectivity index (χ2v) is 20.7. The molecule has 0 radical (unpaired) electrons. The number of unbranched alkanes of at least 4 members (excludes halogenated alkanes) is 26. The summed E-state index contributed by atoms with van der Waals surface area (Å²) >= 11 is 0. The summed E-state index contributed by atoms with van der Waals surface area (Å²) in [5, 5.41) is 119. The fourth-order valence-corrected chi connectivity index (χ4v) is 9.98. The first-order chi connectivity index (χ1) is 34.8. The largest absolute Gasteiger partial charge is 0.394 e. The molecule has 0 saturated carbocycles. The molecule has 3 aliphatic heterocycles. The predicted octanol–water partition coefficient (Wildman–Crippen LogP) is 3.65. The van der Waals surface area contributed by atoms with Gasteiger partial charge in [-0.05, 0) is 6.42 Å². The molecule has 0 spiro atoms. The predicted molar refractivity (Wildman–Crippen MR) is 268 cm³/mol. The molecule has 0 aromatic heterocycles. The summed E-state index contributed by atoms with van der Waals surface area (Å²) in [6.45, 7) is 1.24. The number of aliphatic hydroxyl groups is 11. The lowest BCUT2D eigenvalue weighted by atomic mass is 9.96. The molecule has 19 heteroatoms.